The fraction of sp³-hybridized carbons (Fsp3) is 0.0476. The second-order valence-corrected chi connectivity index (χ2v) is 8.59. The number of anilines is 1. The highest BCUT2D eigenvalue weighted by Gasteiger charge is 2.22. The van der Waals surface area contributed by atoms with Gasteiger partial charge in [0.05, 0.1) is 10.4 Å². The smallest absolute Gasteiger partial charge is 0.269 e. The first kappa shape index (κ1) is 17.4. The summed E-state index contributed by atoms with van der Waals surface area (Å²) in [6.07, 6.45) is 3.21. The lowest BCUT2D eigenvalue weighted by Crippen LogP contribution is -2.12. The van der Waals surface area contributed by atoms with Crippen LogP contribution in [-0.4, -0.2) is 27.2 Å². The van der Waals surface area contributed by atoms with Crippen LogP contribution in [0, 0.1) is 0 Å². The Bertz CT molecular complexity index is 1480. The van der Waals surface area contributed by atoms with Crippen molar-refractivity contribution in [3.8, 4) is 11.1 Å². The van der Waals surface area contributed by atoms with E-state index in [9.17, 15) is 8.42 Å². The predicted molar refractivity (Wildman–Crippen MR) is 113 cm³/mol. The maximum Gasteiger partial charge on any atom is 0.269 e. The van der Waals surface area contributed by atoms with Gasteiger partial charge in [-0.3, -0.25) is 4.68 Å². The number of hydrogen-bond donors (Lipinski definition) is 1. The van der Waals surface area contributed by atoms with E-state index in [1.165, 1.54) is 3.97 Å². The number of fused-ring (bicyclic) bond motifs is 2. The molecule has 0 atom stereocenters. The van der Waals surface area contributed by atoms with Crippen LogP contribution in [0.25, 0.3) is 33.1 Å². The Morgan fingerprint density at radius 2 is 1.76 bits per heavy atom. The van der Waals surface area contributed by atoms with Crippen LogP contribution in [0.3, 0.4) is 0 Å². The van der Waals surface area contributed by atoms with E-state index >= 15 is 0 Å². The van der Waals surface area contributed by atoms with Gasteiger partial charge in [-0.2, -0.15) is 5.10 Å². The van der Waals surface area contributed by atoms with E-state index in [0.717, 1.165) is 27.4 Å². The van der Waals surface area contributed by atoms with E-state index in [2.05, 4.69) is 10.1 Å². The average molecular weight is 403 g/mol. The normalized spacial score (nSPS) is 12.0. The number of aromatic nitrogens is 4. The highest BCUT2D eigenvalue weighted by molar-refractivity contribution is 7.90. The molecule has 29 heavy (non-hydrogen) atoms. The summed E-state index contributed by atoms with van der Waals surface area (Å²) < 4.78 is 29.5. The summed E-state index contributed by atoms with van der Waals surface area (Å²) in [6.45, 7) is 0. The molecule has 0 aliphatic rings. The van der Waals surface area contributed by atoms with Crippen molar-refractivity contribution in [1.82, 2.24) is 18.7 Å². The van der Waals surface area contributed by atoms with Crippen LogP contribution in [0.1, 0.15) is 0 Å². The van der Waals surface area contributed by atoms with Gasteiger partial charge in [-0.1, -0.05) is 24.3 Å². The molecular weight excluding hydrogens is 386 g/mol. The lowest BCUT2D eigenvalue weighted by molar-refractivity contribution is 0.589. The van der Waals surface area contributed by atoms with Crippen molar-refractivity contribution in [3.05, 3.63) is 73.1 Å². The monoisotopic (exact) mass is 403 g/mol. The lowest BCUT2D eigenvalue weighted by Gasteiger charge is -2.06. The molecule has 5 aromatic rings. The third-order valence-electron chi connectivity index (χ3n) is 5.02. The van der Waals surface area contributed by atoms with Crippen LogP contribution in [0.15, 0.2) is 78.0 Å². The zero-order valence-corrected chi connectivity index (χ0v) is 16.3. The van der Waals surface area contributed by atoms with Gasteiger partial charge in [0.2, 0.25) is 0 Å². The lowest BCUT2D eigenvalue weighted by atomic mass is 10.0. The molecule has 144 valence electrons. The van der Waals surface area contributed by atoms with Gasteiger partial charge in [-0.05, 0) is 42.0 Å². The Morgan fingerprint density at radius 1 is 0.966 bits per heavy atom. The second-order valence-electron chi connectivity index (χ2n) is 6.77. The van der Waals surface area contributed by atoms with Crippen molar-refractivity contribution in [1.29, 1.82) is 0 Å². The van der Waals surface area contributed by atoms with Gasteiger partial charge in [0.1, 0.15) is 0 Å². The van der Waals surface area contributed by atoms with Crippen molar-refractivity contribution < 1.29 is 8.42 Å². The van der Waals surface area contributed by atoms with E-state index in [0.29, 0.717) is 11.5 Å². The van der Waals surface area contributed by atoms with Crippen molar-refractivity contribution in [3.63, 3.8) is 0 Å². The van der Waals surface area contributed by atoms with Gasteiger partial charge in [0.15, 0.2) is 11.5 Å². The van der Waals surface area contributed by atoms with Crippen LogP contribution in [0.4, 0.5) is 5.82 Å². The van der Waals surface area contributed by atoms with Crippen LogP contribution in [0.2, 0.25) is 0 Å². The third-order valence-corrected chi connectivity index (χ3v) is 6.69. The first-order valence-electron chi connectivity index (χ1n) is 8.96. The minimum atomic E-state index is -3.79. The zero-order valence-electron chi connectivity index (χ0n) is 15.5. The maximum atomic E-state index is 13.3. The van der Waals surface area contributed by atoms with Crippen LogP contribution in [-0.2, 0) is 17.1 Å². The molecule has 2 aromatic carbocycles. The van der Waals surface area contributed by atoms with E-state index in [4.69, 9.17) is 5.73 Å². The highest BCUT2D eigenvalue weighted by Crippen LogP contribution is 2.34. The molecule has 0 radical (unpaired) electrons. The summed E-state index contributed by atoms with van der Waals surface area (Å²) in [7, 11) is -1.95. The Labute approximate surface area is 167 Å². The number of nitrogens with zero attached hydrogens (tertiary/aromatic N) is 4. The standard InChI is InChI=1S/C21H17N5O2S/c1-25-19-10-9-14(12-17(19)20(22)24-25)18-13-26(21-16(18)8-5-11-23-21)29(27,28)15-6-3-2-4-7-15/h2-13H,1H3,(H2,22,24). The third kappa shape index (κ3) is 2.60. The fourth-order valence-corrected chi connectivity index (χ4v) is 4.96. The molecule has 0 bridgehead atoms. The van der Waals surface area contributed by atoms with Gasteiger partial charge in [0, 0.05) is 35.8 Å². The highest BCUT2D eigenvalue weighted by atomic mass is 32.2. The van der Waals surface area contributed by atoms with Crippen LogP contribution >= 0.6 is 0 Å². The molecule has 5 rings (SSSR count). The zero-order chi connectivity index (χ0) is 20.2. The summed E-state index contributed by atoms with van der Waals surface area (Å²) >= 11 is 0. The Morgan fingerprint density at radius 3 is 2.55 bits per heavy atom. The van der Waals surface area contributed by atoms with Gasteiger partial charge < -0.3 is 5.73 Å². The molecule has 0 spiro atoms. The van der Waals surface area contributed by atoms with Crippen molar-refractivity contribution in [2.75, 3.05) is 5.73 Å². The molecule has 2 N–H and O–H groups in total. The number of pyridine rings is 1. The summed E-state index contributed by atoms with van der Waals surface area (Å²) in [6, 6.07) is 17.8. The number of nitrogens with two attached hydrogens (primary N) is 1. The van der Waals surface area contributed by atoms with Gasteiger partial charge in [-0.25, -0.2) is 17.4 Å². The number of aryl methyl sites for hydroxylation is 1. The van der Waals surface area contributed by atoms with E-state index in [-0.39, 0.29) is 4.90 Å². The minimum Gasteiger partial charge on any atom is -0.382 e. The molecule has 0 amide bonds. The molecule has 3 heterocycles. The molecule has 8 heteroatoms. The molecule has 0 saturated carbocycles. The predicted octanol–water partition coefficient (Wildman–Crippen LogP) is 3.41. The molecule has 0 aliphatic heterocycles. The van der Waals surface area contributed by atoms with E-state index in [1.54, 1.807) is 53.5 Å². The number of hydrogen-bond acceptors (Lipinski definition) is 5. The summed E-state index contributed by atoms with van der Waals surface area (Å²) in [4.78, 5) is 4.56. The number of rotatable bonds is 3. The number of nitrogen functional groups attached to an aromatic ring is 1. The van der Waals surface area contributed by atoms with Crippen molar-refractivity contribution in [2.45, 2.75) is 4.90 Å². The molecule has 0 saturated heterocycles. The van der Waals surface area contributed by atoms with Gasteiger partial charge >= 0.3 is 0 Å². The Balaban J connectivity index is 1.78. The van der Waals surface area contributed by atoms with Gasteiger partial charge in [0.25, 0.3) is 10.0 Å². The largest absolute Gasteiger partial charge is 0.382 e. The molecular formula is C21H17N5O2S. The van der Waals surface area contributed by atoms with Gasteiger partial charge in [-0.15, -0.1) is 0 Å². The summed E-state index contributed by atoms with van der Waals surface area (Å²) in [5.41, 5.74) is 8.94. The van der Waals surface area contributed by atoms with Crippen molar-refractivity contribution >= 4 is 37.8 Å². The average Bonchev–Trinajstić information content (AvgIpc) is 3.27. The molecule has 0 fully saturated rings. The van der Waals surface area contributed by atoms with E-state index < -0.39 is 10.0 Å². The quantitative estimate of drug-likeness (QED) is 0.498. The molecule has 7 nitrogen and oxygen atoms in total. The minimum absolute atomic E-state index is 0.209. The van der Waals surface area contributed by atoms with Crippen LogP contribution < -0.4 is 5.73 Å². The first-order valence-corrected chi connectivity index (χ1v) is 10.4. The van der Waals surface area contributed by atoms with Crippen molar-refractivity contribution in [2.24, 2.45) is 7.05 Å². The Hall–Kier alpha value is -3.65. The maximum absolute atomic E-state index is 13.3. The molecule has 0 unspecified atom stereocenters. The first-order chi connectivity index (χ1) is 14.0. The molecule has 3 aromatic heterocycles. The number of benzene rings is 2. The van der Waals surface area contributed by atoms with E-state index in [1.807, 2.05) is 31.3 Å². The summed E-state index contributed by atoms with van der Waals surface area (Å²) in [5.74, 6) is 0.433. The fourth-order valence-electron chi connectivity index (χ4n) is 3.61. The Kier molecular flexibility index (Phi) is 3.72. The SMILES string of the molecule is Cn1nc(N)c2cc(-c3cn(S(=O)(=O)c4ccccc4)c4ncccc34)ccc21. The molecule has 0 aliphatic carbocycles. The van der Waals surface area contributed by atoms with Crippen LogP contribution in [0.5, 0.6) is 0 Å². The summed E-state index contributed by atoms with van der Waals surface area (Å²) in [5, 5.41) is 5.82. The topological polar surface area (TPSA) is 95.8 Å². The second kappa shape index (κ2) is 6.18.